The maximum Gasteiger partial charge on any atom is 0.171 e. The second-order valence-electron chi connectivity index (χ2n) is 13.2. The molecule has 5 heteroatoms. The molecule has 2 heterocycles. The Hall–Kier alpha value is -0.490. The van der Waals surface area contributed by atoms with E-state index in [0.717, 1.165) is 38.7 Å². The van der Waals surface area contributed by atoms with Gasteiger partial charge in [0, 0.05) is 30.6 Å². The average Bonchev–Trinajstić information content (AvgIpc) is 3.18. The van der Waals surface area contributed by atoms with Gasteiger partial charge in [-0.15, -0.1) is 0 Å². The van der Waals surface area contributed by atoms with Crippen molar-refractivity contribution in [2.24, 2.45) is 46.3 Å². The van der Waals surface area contributed by atoms with E-state index in [1.165, 1.54) is 6.42 Å². The van der Waals surface area contributed by atoms with Crippen LogP contribution in [0, 0.1) is 46.3 Å². The zero-order valence-electron chi connectivity index (χ0n) is 20.3. The molecule has 6 rings (SSSR count). The standard InChI is InChI=1S/C27H42O5/c1-15-5-10-27(31-14-15)16(2)23-21(32-27)12-20-18-11-22(29)26(30)13-17(28)6-9-25(26,4)19(18)7-8-24(20,23)3/h15-21,23,28,30H,5-14H2,1-4H3/t15-,16+,17+,18-,19?,20?,21+,23?,24+,25-,26+,27-/m1/s1. The Morgan fingerprint density at radius 1 is 1.03 bits per heavy atom. The highest BCUT2D eigenvalue weighted by atomic mass is 16.7. The zero-order valence-corrected chi connectivity index (χ0v) is 20.3. The Labute approximate surface area is 192 Å². The zero-order chi connectivity index (χ0) is 22.7. The Kier molecular flexibility index (Phi) is 4.68. The molecule has 32 heavy (non-hydrogen) atoms. The van der Waals surface area contributed by atoms with Gasteiger partial charge in [0.05, 0.1) is 18.8 Å². The van der Waals surface area contributed by atoms with Gasteiger partial charge in [0.2, 0.25) is 0 Å². The number of rotatable bonds is 0. The highest BCUT2D eigenvalue weighted by Crippen LogP contribution is 2.71. The minimum atomic E-state index is -1.35. The molecular formula is C27H42O5. The van der Waals surface area contributed by atoms with Crippen LogP contribution in [0.4, 0.5) is 0 Å². The van der Waals surface area contributed by atoms with Gasteiger partial charge in [-0.05, 0) is 73.5 Å². The molecule has 0 aromatic carbocycles. The largest absolute Gasteiger partial charge is 0.393 e. The smallest absolute Gasteiger partial charge is 0.171 e. The van der Waals surface area contributed by atoms with Crippen molar-refractivity contribution in [2.75, 3.05) is 6.61 Å². The highest BCUT2D eigenvalue weighted by molar-refractivity contribution is 5.89. The maximum absolute atomic E-state index is 13.4. The van der Waals surface area contributed by atoms with Crippen molar-refractivity contribution in [3.63, 3.8) is 0 Å². The molecule has 6 fully saturated rings. The molecule has 0 aromatic rings. The van der Waals surface area contributed by atoms with Gasteiger partial charge in [0.1, 0.15) is 5.60 Å². The number of aliphatic hydroxyl groups is 2. The van der Waals surface area contributed by atoms with Gasteiger partial charge in [-0.1, -0.05) is 27.7 Å². The SMILES string of the molecule is C[C@@H]1CC[C@@]2(OC1)O[C@H]1CC3[C@@H]4CC(=O)[C@@]5(O)C[C@@H](O)CC[C@]5(C)C4CC[C@]3(C)C1[C@@H]2C. The van der Waals surface area contributed by atoms with E-state index in [1.54, 1.807) is 0 Å². The fourth-order valence-corrected chi connectivity index (χ4v) is 10.0. The first kappa shape index (κ1) is 22.0. The summed E-state index contributed by atoms with van der Waals surface area (Å²) >= 11 is 0. The van der Waals surface area contributed by atoms with Crippen LogP contribution in [-0.2, 0) is 14.3 Å². The van der Waals surface area contributed by atoms with Gasteiger partial charge in [-0.2, -0.15) is 0 Å². The molecule has 0 amide bonds. The molecule has 0 aromatic heterocycles. The van der Waals surface area contributed by atoms with Crippen LogP contribution in [0.1, 0.15) is 85.5 Å². The molecule has 2 aliphatic heterocycles. The number of hydrogen-bond acceptors (Lipinski definition) is 5. The number of ether oxygens (including phenoxy) is 2. The van der Waals surface area contributed by atoms with E-state index in [-0.39, 0.29) is 23.7 Å². The lowest BCUT2D eigenvalue weighted by atomic mass is 9.42. The predicted octanol–water partition coefficient (Wildman–Crippen LogP) is 4.09. The van der Waals surface area contributed by atoms with Crippen LogP contribution in [0.15, 0.2) is 0 Å². The van der Waals surface area contributed by atoms with E-state index in [9.17, 15) is 15.0 Å². The van der Waals surface area contributed by atoms with E-state index >= 15 is 0 Å². The average molecular weight is 447 g/mol. The molecule has 4 aliphatic carbocycles. The van der Waals surface area contributed by atoms with Crippen molar-refractivity contribution in [1.82, 2.24) is 0 Å². The molecule has 180 valence electrons. The molecule has 12 atom stereocenters. The first-order chi connectivity index (χ1) is 15.0. The molecule has 0 radical (unpaired) electrons. The van der Waals surface area contributed by atoms with Gasteiger partial charge < -0.3 is 19.7 Å². The predicted molar refractivity (Wildman–Crippen MR) is 120 cm³/mol. The summed E-state index contributed by atoms with van der Waals surface area (Å²) in [5, 5.41) is 21.8. The summed E-state index contributed by atoms with van der Waals surface area (Å²) < 4.78 is 13.2. The Morgan fingerprint density at radius 3 is 2.53 bits per heavy atom. The number of hydrogen-bond donors (Lipinski definition) is 2. The Balaban J connectivity index is 1.30. The van der Waals surface area contributed by atoms with Crippen LogP contribution < -0.4 is 0 Å². The number of carbonyl (C=O) groups excluding carboxylic acids is 1. The van der Waals surface area contributed by atoms with E-state index in [4.69, 9.17) is 9.47 Å². The van der Waals surface area contributed by atoms with Crippen LogP contribution in [0.5, 0.6) is 0 Å². The van der Waals surface area contributed by atoms with Gasteiger partial charge in [-0.3, -0.25) is 4.79 Å². The van der Waals surface area contributed by atoms with Crippen molar-refractivity contribution in [2.45, 2.75) is 109 Å². The molecule has 3 unspecified atom stereocenters. The summed E-state index contributed by atoms with van der Waals surface area (Å²) in [6.45, 7) is 10.0. The summed E-state index contributed by atoms with van der Waals surface area (Å²) in [6.07, 6.45) is 7.21. The minimum Gasteiger partial charge on any atom is -0.393 e. The summed E-state index contributed by atoms with van der Waals surface area (Å²) in [5.41, 5.74) is -1.60. The van der Waals surface area contributed by atoms with Crippen LogP contribution in [-0.4, -0.2) is 46.2 Å². The molecule has 0 bridgehead atoms. The quantitative estimate of drug-likeness (QED) is 0.586. The van der Waals surface area contributed by atoms with Crippen LogP contribution in [0.3, 0.4) is 0 Å². The lowest BCUT2D eigenvalue weighted by molar-refractivity contribution is -0.273. The van der Waals surface area contributed by atoms with Crippen LogP contribution >= 0.6 is 0 Å². The fraction of sp³-hybridized carbons (Fsp3) is 0.963. The third kappa shape index (κ3) is 2.58. The number of Topliss-reactive ketones (excluding diaryl/α,β-unsaturated/α-hetero) is 1. The normalized spacial score (nSPS) is 61.8. The molecular weight excluding hydrogens is 404 g/mol. The topological polar surface area (TPSA) is 76.0 Å². The van der Waals surface area contributed by atoms with Crippen molar-refractivity contribution in [1.29, 1.82) is 0 Å². The molecule has 2 N–H and O–H groups in total. The number of aliphatic hydroxyl groups excluding tert-OH is 1. The molecule has 4 saturated carbocycles. The lowest BCUT2D eigenvalue weighted by Gasteiger charge is -2.63. The van der Waals surface area contributed by atoms with Crippen molar-refractivity contribution < 1.29 is 24.5 Å². The van der Waals surface area contributed by atoms with Gasteiger partial charge in [0.15, 0.2) is 11.6 Å². The number of ketones is 1. The van der Waals surface area contributed by atoms with Crippen LogP contribution in [0.2, 0.25) is 0 Å². The first-order valence-electron chi connectivity index (χ1n) is 13.3. The second kappa shape index (κ2) is 6.80. The highest BCUT2D eigenvalue weighted by Gasteiger charge is 2.72. The Bertz CT molecular complexity index is 804. The monoisotopic (exact) mass is 446 g/mol. The summed E-state index contributed by atoms with van der Waals surface area (Å²) in [5.74, 6) is 2.20. The van der Waals surface area contributed by atoms with E-state index < -0.39 is 22.9 Å². The van der Waals surface area contributed by atoms with Gasteiger partial charge in [0.25, 0.3) is 0 Å². The first-order valence-corrected chi connectivity index (χ1v) is 13.3. The van der Waals surface area contributed by atoms with Crippen molar-refractivity contribution >= 4 is 5.78 Å². The van der Waals surface area contributed by atoms with Crippen molar-refractivity contribution in [3.8, 4) is 0 Å². The number of carbonyl (C=O) groups is 1. The maximum atomic E-state index is 13.4. The third-order valence-electron chi connectivity index (χ3n) is 11.9. The van der Waals surface area contributed by atoms with Crippen LogP contribution in [0.25, 0.3) is 0 Å². The van der Waals surface area contributed by atoms with E-state index in [2.05, 4.69) is 27.7 Å². The number of fused-ring (bicyclic) bond motifs is 7. The second-order valence-corrected chi connectivity index (χ2v) is 13.2. The summed E-state index contributed by atoms with van der Waals surface area (Å²) in [4.78, 5) is 13.4. The molecule has 1 spiro atoms. The van der Waals surface area contributed by atoms with E-state index in [0.29, 0.717) is 48.3 Å². The Morgan fingerprint density at radius 2 is 1.81 bits per heavy atom. The van der Waals surface area contributed by atoms with Gasteiger partial charge in [-0.25, -0.2) is 0 Å². The van der Waals surface area contributed by atoms with E-state index in [1.807, 2.05) is 0 Å². The molecule has 2 saturated heterocycles. The summed E-state index contributed by atoms with van der Waals surface area (Å²) in [6, 6.07) is 0. The molecule has 6 aliphatic rings. The fourth-order valence-electron chi connectivity index (χ4n) is 10.0. The lowest BCUT2D eigenvalue weighted by Crippen LogP contribution is -2.67. The molecule has 5 nitrogen and oxygen atoms in total. The van der Waals surface area contributed by atoms with Crippen molar-refractivity contribution in [3.05, 3.63) is 0 Å². The van der Waals surface area contributed by atoms with Gasteiger partial charge >= 0.3 is 0 Å². The third-order valence-corrected chi connectivity index (χ3v) is 11.9. The summed E-state index contributed by atoms with van der Waals surface area (Å²) in [7, 11) is 0. The minimum absolute atomic E-state index is 0.0173.